The number of nitrogens with zero attached hydrogens (tertiary/aromatic N) is 6. The fourth-order valence-corrected chi connectivity index (χ4v) is 8.69. The van der Waals surface area contributed by atoms with E-state index >= 15 is 0 Å². The molecule has 1 saturated carbocycles. The summed E-state index contributed by atoms with van der Waals surface area (Å²) in [7, 11) is 2.18. The normalized spacial score (nSPS) is 26.3. The Kier molecular flexibility index (Phi) is 6.23. The number of benzene rings is 1. The van der Waals surface area contributed by atoms with Crippen molar-refractivity contribution in [3.8, 4) is 23.5 Å². The molecule has 2 spiro atoms. The first kappa shape index (κ1) is 26.9. The average molecular weight is 580 g/mol. The highest BCUT2D eigenvalue weighted by Gasteiger charge is 2.49. The molecule has 43 heavy (non-hydrogen) atoms. The Labute approximate surface area is 253 Å². The molecule has 3 aliphatic carbocycles. The third-order valence-electron chi connectivity index (χ3n) is 11.4. The van der Waals surface area contributed by atoms with E-state index in [4.69, 9.17) is 25.0 Å². The summed E-state index contributed by atoms with van der Waals surface area (Å²) in [4.78, 5) is 14.9. The topological polar surface area (TPSA) is 117 Å². The van der Waals surface area contributed by atoms with Crippen molar-refractivity contribution in [3.05, 3.63) is 46.2 Å². The lowest BCUT2D eigenvalue weighted by Crippen LogP contribution is -2.38. The molecular formula is C34H41N7O2. The third-order valence-corrected chi connectivity index (χ3v) is 11.4. The molecule has 0 radical (unpaired) electrons. The van der Waals surface area contributed by atoms with Crippen molar-refractivity contribution in [1.29, 1.82) is 5.26 Å². The van der Waals surface area contributed by atoms with E-state index in [1.54, 1.807) is 0 Å². The van der Waals surface area contributed by atoms with Gasteiger partial charge in [0.1, 0.15) is 18.0 Å². The number of piperidine rings is 1. The number of ether oxygens (including phenoxy) is 1. The minimum absolute atomic E-state index is 0.0125. The Morgan fingerprint density at radius 1 is 1.07 bits per heavy atom. The standard InChI is InChI=1S/C34H41N7O2/c1-21(26-6-4-16-40(26)2)42-28-19-27(41-17-14-33(12-13-33)15-18-41)37-32(38-28)30-23-5-3-10-34(31(23)43-39-30)11-9-22-7-8-25(36)24(20-35)29(22)34/h7-8,19,21,26H,3-6,9-18,36H2,1-2H3/t21-,26-,34-/m0/s1. The van der Waals surface area contributed by atoms with E-state index in [0.717, 1.165) is 80.9 Å². The molecule has 2 aromatic heterocycles. The number of nitriles is 1. The summed E-state index contributed by atoms with van der Waals surface area (Å²) in [5.41, 5.74) is 11.6. The van der Waals surface area contributed by atoms with Crippen molar-refractivity contribution >= 4 is 11.5 Å². The van der Waals surface area contributed by atoms with Gasteiger partial charge < -0.3 is 19.9 Å². The van der Waals surface area contributed by atoms with Gasteiger partial charge in [0.2, 0.25) is 5.88 Å². The highest BCUT2D eigenvalue weighted by Crippen LogP contribution is 2.55. The first-order valence-electron chi connectivity index (χ1n) is 16.2. The van der Waals surface area contributed by atoms with E-state index in [9.17, 15) is 5.26 Å². The van der Waals surface area contributed by atoms with E-state index in [-0.39, 0.29) is 6.10 Å². The molecule has 4 heterocycles. The molecule has 3 fully saturated rings. The number of aromatic nitrogens is 3. The van der Waals surface area contributed by atoms with Crippen LogP contribution in [0.15, 0.2) is 22.7 Å². The summed E-state index contributed by atoms with van der Waals surface area (Å²) in [5, 5.41) is 14.8. The van der Waals surface area contributed by atoms with Gasteiger partial charge in [0, 0.05) is 36.4 Å². The number of likely N-dealkylation sites (N-methyl/N-ethyl adjacent to an activating group) is 1. The van der Waals surface area contributed by atoms with Crippen molar-refractivity contribution in [2.75, 3.05) is 37.3 Å². The molecule has 9 nitrogen and oxygen atoms in total. The van der Waals surface area contributed by atoms with Crippen LogP contribution in [0.25, 0.3) is 11.5 Å². The highest BCUT2D eigenvalue weighted by atomic mass is 16.5. The molecule has 5 aliphatic rings. The number of nitrogens with two attached hydrogens (primary N) is 1. The summed E-state index contributed by atoms with van der Waals surface area (Å²) >= 11 is 0. The first-order valence-corrected chi connectivity index (χ1v) is 16.2. The summed E-state index contributed by atoms with van der Waals surface area (Å²) in [6, 6.07) is 8.75. The molecule has 3 aromatic rings. The van der Waals surface area contributed by atoms with Gasteiger partial charge in [0.15, 0.2) is 17.3 Å². The molecule has 0 bridgehead atoms. The largest absolute Gasteiger partial charge is 0.473 e. The summed E-state index contributed by atoms with van der Waals surface area (Å²) < 4.78 is 12.9. The second kappa shape index (κ2) is 9.95. The zero-order valence-electron chi connectivity index (χ0n) is 25.4. The minimum Gasteiger partial charge on any atom is -0.473 e. The molecule has 8 rings (SSSR count). The molecule has 2 N–H and O–H groups in total. The Bertz CT molecular complexity index is 1610. The zero-order valence-corrected chi connectivity index (χ0v) is 25.4. The number of rotatable bonds is 5. The van der Waals surface area contributed by atoms with Gasteiger partial charge in [-0.2, -0.15) is 10.2 Å². The van der Waals surface area contributed by atoms with Crippen molar-refractivity contribution < 1.29 is 9.26 Å². The molecule has 9 heteroatoms. The second-order valence-corrected chi connectivity index (χ2v) is 13.8. The van der Waals surface area contributed by atoms with Crippen LogP contribution in [0.2, 0.25) is 0 Å². The molecule has 224 valence electrons. The molecule has 2 saturated heterocycles. The molecule has 1 aromatic carbocycles. The molecule has 0 amide bonds. The molecular weight excluding hydrogens is 538 g/mol. The number of hydrogen-bond acceptors (Lipinski definition) is 9. The third kappa shape index (κ3) is 4.32. The number of likely N-dealkylation sites (tertiary alicyclic amines) is 1. The Hall–Kier alpha value is -3.64. The van der Waals surface area contributed by atoms with Gasteiger partial charge in [-0.25, -0.2) is 4.98 Å². The number of fused-ring (bicyclic) bond motifs is 4. The first-order chi connectivity index (χ1) is 20.9. The maximum absolute atomic E-state index is 10.1. The maximum Gasteiger partial charge on any atom is 0.219 e. The van der Waals surface area contributed by atoms with Crippen LogP contribution in [0.3, 0.4) is 0 Å². The van der Waals surface area contributed by atoms with Crippen LogP contribution in [-0.4, -0.2) is 58.9 Å². The van der Waals surface area contributed by atoms with Gasteiger partial charge in [-0.05, 0) is 114 Å². The lowest BCUT2D eigenvalue weighted by molar-refractivity contribution is 0.117. The van der Waals surface area contributed by atoms with Crippen molar-refractivity contribution in [3.63, 3.8) is 0 Å². The van der Waals surface area contributed by atoms with Crippen LogP contribution in [0.1, 0.15) is 92.7 Å². The average Bonchev–Trinajstić information content (AvgIpc) is 3.32. The number of aryl methyl sites for hydroxylation is 1. The Morgan fingerprint density at radius 2 is 1.91 bits per heavy atom. The van der Waals surface area contributed by atoms with Crippen LogP contribution in [0.5, 0.6) is 5.88 Å². The van der Waals surface area contributed by atoms with Gasteiger partial charge in [-0.15, -0.1) is 0 Å². The van der Waals surface area contributed by atoms with Crippen LogP contribution >= 0.6 is 0 Å². The maximum atomic E-state index is 10.1. The van der Waals surface area contributed by atoms with E-state index in [0.29, 0.717) is 40.1 Å². The van der Waals surface area contributed by atoms with Crippen LogP contribution in [-0.2, 0) is 18.3 Å². The molecule has 2 aliphatic heterocycles. The van der Waals surface area contributed by atoms with E-state index < -0.39 is 5.41 Å². The predicted octanol–water partition coefficient (Wildman–Crippen LogP) is 5.40. The van der Waals surface area contributed by atoms with Gasteiger partial charge in [-0.3, -0.25) is 4.90 Å². The van der Waals surface area contributed by atoms with Crippen LogP contribution < -0.4 is 15.4 Å². The summed E-state index contributed by atoms with van der Waals surface area (Å²) in [6.07, 6.45) is 12.0. The van der Waals surface area contributed by atoms with Crippen molar-refractivity contribution in [2.24, 2.45) is 5.41 Å². The van der Waals surface area contributed by atoms with Crippen molar-refractivity contribution in [2.45, 2.75) is 95.1 Å². The Balaban J connectivity index is 1.19. The lowest BCUT2D eigenvalue weighted by Gasteiger charge is -2.34. The zero-order chi connectivity index (χ0) is 29.3. The molecule has 3 atom stereocenters. The van der Waals surface area contributed by atoms with E-state index in [1.807, 2.05) is 12.1 Å². The number of hydrogen-bond donors (Lipinski definition) is 1. The summed E-state index contributed by atoms with van der Waals surface area (Å²) in [5.74, 6) is 2.95. The molecule has 0 unspecified atom stereocenters. The van der Waals surface area contributed by atoms with Crippen molar-refractivity contribution in [1.82, 2.24) is 20.0 Å². The van der Waals surface area contributed by atoms with E-state index in [2.05, 4.69) is 41.1 Å². The highest BCUT2D eigenvalue weighted by molar-refractivity contribution is 5.68. The smallest absolute Gasteiger partial charge is 0.219 e. The summed E-state index contributed by atoms with van der Waals surface area (Å²) in [6.45, 7) is 5.27. The van der Waals surface area contributed by atoms with Gasteiger partial charge >= 0.3 is 0 Å². The van der Waals surface area contributed by atoms with Gasteiger partial charge in [0.25, 0.3) is 0 Å². The second-order valence-electron chi connectivity index (χ2n) is 13.8. The minimum atomic E-state index is -0.390. The van der Waals surface area contributed by atoms with Gasteiger partial charge in [-0.1, -0.05) is 11.2 Å². The predicted molar refractivity (Wildman–Crippen MR) is 164 cm³/mol. The quantitative estimate of drug-likeness (QED) is 0.397. The number of nitrogen functional groups attached to an aromatic ring is 1. The fourth-order valence-electron chi connectivity index (χ4n) is 8.69. The number of anilines is 2. The van der Waals surface area contributed by atoms with E-state index in [1.165, 1.54) is 37.7 Å². The fraction of sp³-hybridized carbons (Fsp3) is 0.588. The lowest BCUT2D eigenvalue weighted by atomic mass is 9.68. The van der Waals surface area contributed by atoms with Crippen LogP contribution in [0.4, 0.5) is 11.5 Å². The monoisotopic (exact) mass is 579 g/mol. The van der Waals surface area contributed by atoms with Crippen LogP contribution in [0, 0.1) is 16.7 Å². The SMILES string of the molecule is C[C@H](Oc1cc(N2CCC3(CC2)CC3)nc(-c2noc3c2CCC[C@@]32CCc3ccc(N)c(C#N)c32)n1)[C@@H]1CCCN1C. The van der Waals surface area contributed by atoms with Gasteiger partial charge in [0.05, 0.1) is 11.0 Å². The Morgan fingerprint density at radius 3 is 2.65 bits per heavy atom.